The summed E-state index contributed by atoms with van der Waals surface area (Å²) in [6, 6.07) is 9.57. The fraction of sp³-hybridized carbons (Fsp3) is 0.647. The van der Waals surface area contributed by atoms with Gasteiger partial charge in [0.15, 0.2) is 0 Å². The molecule has 2 nitrogen and oxygen atoms in total. The highest BCUT2D eigenvalue weighted by Crippen LogP contribution is 2.24. The second-order valence-corrected chi connectivity index (χ2v) is 5.90. The van der Waals surface area contributed by atoms with Gasteiger partial charge < -0.3 is 5.73 Å². The molecule has 1 aliphatic rings. The predicted octanol–water partition coefficient (Wildman–Crippen LogP) is 3.65. The zero-order valence-corrected chi connectivity index (χ0v) is 12.4. The van der Waals surface area contributed by atoms with Crippen molar-refractivity contribution in [2.24, 2.45) is 5.73 Å². The highest BCUT2D eigenvalue weighted by molar-refractivity contribution is 5.24. The molecule has 106 valence electrons. The van der Waals surface area contributed by atoms with Crippen molar-refractivity contribution in [2.45, 2.75) is 58.0 Å². The summed E-state index contributed by atoms with van der Waals surface area (Å²) in [4.78, 5) is 2.59. The molecule has 1 aliphatic carbocycles. The minimum absolute atomic E-state index is 0.141. The van der Waals surface area contributed by atoms with Crippen LogP contribution in [0, 0.1) is 6.92 Å². The first kappa shape index (κ1) is 14.5. The van der Waals surface area contributed by atoms with Gasteiger partial charge in [-0.25, -0.2) is 0 Å². The van der Waals surface area contributed by atoms with Gasteiger partial charge in [0.25, 0.3) is 0 Å². The second kappa shape index (κ2) is 7.06. The Balaban J connectivity index is 1.95. The number of aryl methyl sites for hydroxylation is 1. The molecular formula is C17H28N2. The molecular weight excluding hydrogens is 232 g/mol. The molecule has 0 radical (unpaired) electrons. The molecule has 0 aromatic heterocycles. The minimum Gasteiger partial charge on any atom is -0.323 e. The number of nitrogens with two attached hydrogens (primary N) is 1. The largest absolute Gasteiger partial charge is 0.323 e. The van der Waals surface area contributed by atoms with Crippen molar-refractivity contribution in [3.63, 3.8) is 0 Å². The van der Waals surface area contributed by atoms with Crippen molar-refractivity contribution >= 4 is 0 Å². The number of hydrogen-bond donors (Lipinski definition) is 1. The molecule has 1 fully saturated rings. The normalized spacial score (nSPS) is 18.7. The second-order valence-electron chi connectivity index (χ2n) is 5.90. The van der Waals surface area contributed by atoms with Crippen LogP contribution in [0.2, 0.25) is 0 Å². The lowest BCUT2D eigenvalue weighted by Gasteiger charge is -2.35. The molecule has 0 spiro atoms. The highest BCUT2D eigenvalue weighted by atomic mass is 15.2. The number of nitrogens with zero attached hydrogens (tertiary/aromatic N) is 1. The van der Waals surface area contributed by atoms with Gasteiger partial charge in [-0.1, -0.05) is 56.0 Å². The van der Waals surface area contributed by atoms with E-state index in [0.29, 0.717) is 0 Å². The van der Waals surface area contributed by atoms with Crippen molar-refractivity contribution < 1.29 is 0 Å². The van der Waals surface area contributed by atoms with E-state index in [1.807, 2.05) is 0 Å². The van der Waals surface area contributed by atoms with Gasteiger partial charge in [0.2, 0.25) is 0 Å². The Hall–Kier alpha value is -0.860. The van der Waals surface area contributed by atoms with E-state index in [9.17, 15) is 0 Å². The molecule has 1 aromatic rings. The summed E-state index contributed by atoms with van der Waals surface area (Å²) in [5, 5.41) is 0. The predicted molar refractivity (Wildman–Crippen MR) is 82.2 cm³/mol. The Morgan fingerprint density at radius 3 is 2.37 bits per heavy atom. The molecule has 1 unspecified atom stereocenters. The topological polar surface area (TPSA) is 29.3 Å². The van der Waals surface area contributed by atoms with E-state index in [1.165, 1.54) is 43.2 Å². The van der Waals surface area contributed by atoms with E-state index in [-0.39, 0.29) is 6.04 Å². The summed E-state index contributed by atoms with van der Waals surface area (Å²) in [5.74, 6) is 0. The monoisotopic (exact) mass is 260 g/mol. The van der Waals surface area contributed by atoms with E-state index >= 15 is 0 Å². The maximum Gasteiger partial charge on any atom is 0.0424 e. The molecule has 0 amide bonds. The van der Waals surface area contributed by atoms with Gasteiger partial charge in [0, 0.05) is 18.6 Å². The smallest absolute Gasteiger partial charge is 0.0424 e. The SMILES string of the molecule is CCN(CC(N)c1ccc(C)cc1)C1CCCCC1. The molecule has 0 saturated heterocycles. The van der Waals surface area contributed by atoms with Crippen molar-refractivity contribution in [2.75, 3.05) is 13.1 Å². The molecule has 0 heterocycles. The number of likely N-dealkylation sites (N-methyl/N-ethyl adjacent to an activating group) is 1. The molecule has 1 saturated carbocycles. The lowest BCUT2D eigenvalue weighted by Crippen LogP contribution is -2.41. The van der Waals surface area contributed by atoms with Gasteiger partial charge in [-0.15, -0.1) is 0 Å². The maximum absolute atomic E-state index is 6.39. The fourth-order valence-corrected chi connectivity index (χ4v) is 3.15. The Labute approximate surface area is 118 Å². The average molecular weight is 260 g/mol. The van der Waals surface area contributed by atoms with E-state index in [4.69, 9.17) is 5.73 Å². The van der Waals surface area contributed by atoms with Gasteiger partial charge in [0.1, 0.15) is 0 Å². The third-order valence-electron chi connectivity index (χ3n) is 4.43. The summed E-state index contributed by atoms with van der Waals surface area (Å²) in [5.41, 5.74) is 8.95. The first-order valence-corrected chi connectivity index (χ1v) is 7.77. The lowest BCUT2D eigenvalue weighted by molar-refractivity contribution is 0.155. The van der Waals surface area contributed by atoms with Crippen LogP contribution in [0.5, 0.6) is 0 Å². The van der Waals surface area contributed by atoms with Crippen LogP contribution in [0.15, 0.2) is 24.3 Å². The van der Waals surface area contributed by atoms with Crippen LogP contribution in [-0.4, -0.2) is 24.0 Å². The Bertz CT molecular complexity index is 365. The molecule has 0 bridgehead atoms. The lowest BCUT2D eigenvalue weighted by atomic mass is 9.93. The Morgan fingerprint density at radius 1 is 1.16 bits per heavy atom. The minimum atomic E-state index is 0.141. The van der Waals surface area contributed by atoms with E-state index < -0.39 is 0 Å². The van der Waals surface area contributed by atoms with Crippen LogP contribution >= 0.6 is 0 Å². The van der Waals surface area contributed by atoms with E-state index in [0.717, 1.165) is 19.1 Å². The first-order valence-electron chi connectivity index (χ1n) is 7.77. The molecule has 0 aliphatic heterocycles. The van der Waals surface area contributed by atoms with Crippen molar-refractivity contribution in [3.05, 3.63) is 35.4 Å². The molecule has 2 rings (SSSR count). The van der Waals surface area contributed by atoms with Crippen LogP contribution in [0.3, 0.4) is 0 Å². The molecule has 2 heteroatoms. The zero-order chi connectivity index (χ0) is 13.7. The third kappa shape index (κ3) is 4.05. The summed E-state index contributed by atoms with van der Waals surface area (Å²) in [6.45, 7) is 6.49. The van der Waals surface area contributed by atoms with E-state index in [1.54, 1.807) is 0 Å². The molecule has 2 N–H and O–H groups in total. The summed E-state index contributed by atoms with van der Waals surface area (Å²) >= 11 is 0. The highest BCUT2D eigenvalue weighted by Gasteiger charge is 2.21. The van der Waals surface area contributed by atoms with Crippen LogP contribution in [0.25, 0.3) is 0 Å². The number of rotatable bonds is 5. The summed E-state index contributed by atoms with van der Waals surface area (Å²) < 4.78 is 0. The van der Waals surface area contributed by atoms with Gasteiger partial charge in [-0.2, -0.15) is 0 Å². The van der Waals surface area contributed by atoms with Crippen LogP contribution in [-0.2, 0) is 0 Å². The third-order valence-corrected chi connectivity index (χ3v) is 4.43. The average Bonchev–Trinajstić information content (AvgIpc) is 2.46. The standard InChI is InChI=1S/C17H28N2/c1-3-19(16-7-5-4-6-8-16)13-17(18)15-11-9-14(2)10-12-15/h9-12,16-17H,3-8,13,18H2,1-2H3. The summed E-state index contributed by atoms with van der Waals surface area (Å²) in [6.07, 6.45) is 6.91. The maximum atomic E-state index is 6.39. The zero-order valence-electron chi connectivity index (χ0n) is 12.4. The van der Waals surface area contributed by atoms with Gasteiger partial charge in [-0.05, 0) is 31.9 Å². The number of hydrogen-bond acceptors (Lipinski definition) is 2. The van der Waals surface area contributed by atoms with Crippen molar-refractivity contribution in [3.8, 4) is 0 Å². The Morgan fingerprint density at radius 2 is 1.79 bits per heavy atom. The quantitative estimate of drug-likeness (QED) is 0.875. The molecule has 1 atom stereocenters. The van der Waals surface area contributed by atoms with Crippen LogP contribution in [0.1, 0.15) is 56.2 Å². The van der Waals surface area contributed by atoms with Crippen LogP contribution < -0.4 is 5.73 Å². The first-order chi connectivity index (χ1) is 9.20. The number of benzene rings is 1. The molecule has 1 aromatic carbocycles. The van der Waals surface area contributed by atoms with E-state index in [2.05, 4.69) is 43.0 Å². The van der Waals surface area contributed by atoms with Gasteiger partial charge in [-0.3, -0.25) is 4.90 Å². The van der Waals surface area contributed by atoms with Gasteiger partial charge in [0.05, 0.1) is 0 Å². The van der Waals surface area contributed by atoms with Gasteiger partial charge >= 0.3 is 0 Å². The van der Waals surface area contributed by atoms with Crippen molar-refractivity contribution in [1.29, 1.82) is 0 Å². The molecule has 19 heavy (non-hydrogen) atoms. The fourth-order valence-electron chi connectivity index (χ4n) is 3.15. The van der Waals surface area contributed by atoms with Crippen LogP contribution in [0.4, 0.5) is 0 Å². The van der Waals surface area contributed by atoms with Crippen molar-refractivity contribution in [1.82, 2.24) is 4.90 Å². The summed E-state index contributed by atoms with van der Waals surface area (Å²) in [7, 11) is 0. The Kier molecular flexibility index (Phi) is 5.41.